The van der Waals surface area contributed by atoms with Crippen LogP contribution in [0.15, 0.2) is 46.3 Å². The normalized spacial score (nSPS) is 18.8. The summed E-state index contributed by atoms with van der Waals surface area (Å²) in [4.78, 5) is 13.0. The Kier molecular flexibility index (Phi) is 6.91. The molecule has 1 N–H and O–H groups in total. The van der Waals surface area contributed by atoms with Crippen molar-refractivity contribution in [1.29, 1.82) is 0 Å². The van der Waals surface area contributed by atoms with Gasteiger partial charge in [0.15, 0.2) is 0 Å². The minimum absolute atomic E-state index is 0.0701. The molecule has 0 saturated carbocycles. The van der Waals surface area contributed by atoms with Crippen molar-refractivity contribution in [3.63, 3.8) is 0 Å². The second-order valence-electron chi connectivity index (χ2n) is 8.14. The van der Waals surface area contributed by atoms with Crippen LogP contribution in [0.4, 0.5) is 5.69 Å². The summed E-state index contributed by atoms with van der Waals surface area (Å²) in [6, 6.07) is 7.38. The highest BCUT2D eigenvalue weighted by atomic mass is 32.2. The molecule has 33 heavy (non-hydrogen) atoms. The van der Waals surface area contributed by atoms with Crippen LogP contribution in [0.3, 0.4) is 0 Å². The Balaban J connectivity index is 1.53. The van der Waals surface area contributed by atoms with Crippen molar-refractivity contribution in [3.05, 3.63) is 42.2 Å². The van der Waals surface area contributed by atoms with Crippen molar-refractivity contribution in [2.75, 3.05) is 44.7 Å². The summed E-state index contributed by atoms with van der Waals surface area (Å²) >= 11 is 0. The summed E-state index contributed by atoms with van der Waals surface area (Å²) in [6.07, 6.45) is 4.08. The van der Waals surface area contributed by atoms with Crippen molar-refractivity contribution in [3.8, 4) is 0 Å². The van der Waals surface area contributed by atoms with E-state index in [0.717, 1.165) is 19.3 Å². The fraction of sp³-hybridized carbons (Fsp3) is 0.476. The number of hydrogen-bond donors (Lipinski definition) is 1. The predicted octanol–water partition coefficient (Wildman–Crippen LogP) is 1.47. The van der Waals surface area contributed by atoms with E-state index in [1.807, 2.05) is 0 Å². The molecule has 3 heterocycles. The van der Waals surface area contributed by atoms with Crippen LogP contribution < -0.4 is 5.32 Å². The molecule has 1 aromatic heterocycles. The van der Waals surface area contributed by atoms with Crippen LogP contribution in [0.2, 0.25) is 0 Å². The van der Waals surface area contributed by atoms with Crippen molar-refractivity contribution in [2.45, 2.75) is 29.1 Å². The van der Waals surface area contributed by atoms with Gasteiger partial charge in [0, 0.05) is 45.1 Å². The minimum Gasteiger partial charge on any atom is -0.379 e. The number of amides is 1. The molecular formula is C21H28N4O6S2. The number of nitrogens with one attached hydrogen (secondary N) is 1. The number of piperidine rings is 1. The Morgan fingerprint density at radius 1 is 0.879 bits per heavy atom. The highest BCUT2D eigenvalue weighted by Gasteiger charge is 2.29. The summed E-state index contributed by atoms with van der Waals surface area (Å²) in [5.74, 6) is -0.529. The fourth-order valence-electron chi connectivity index (χ4n) is 4.02. The summed E-state index contributed by atoms with van der Waals surface area (Å²) < 4.78 is 61.2. The van der Waals surface area contributed by atoms with Gasteiger partial charge in [-0.3, -0.25) is 4.79 Å². The highest BCUT2D eigenvalue weighted by Crippen LogP contribution is 2.24. The molecule has 2 aromatic rings. The van der Waals surface area contributed by atoms with E-state index in [-0.39, 0.29) is 28.6 Å². The first-order valence-corrected chi connectivity index (χ1v) is 13.7. The van der Waals surface area contributed by atoms with E-state index in [1.165, 1.54) is 37.6 Å². The number of aryl methyl sites for hydroxylation is 1. The third-order valence-electron chi connectivity index (χ3n) is 5.87. The molecule has 1 amide bonds. The van der Waals surface area contributed by atoms with E-state index in [9.17, 15) is 21.6 Å². The van der Waals surface area contributed by atoms with Crippen molar-refractivity contribution < 1.29 is 26.4 Å². The number of benzene rings is 1. The number of morpholine rings is 1. The van der Waals surface area contributed by atoms with Gasteiger partial charge in [-0.2, -0.15) is 8.61 Å². The smallest absolute Gasteiger partial charge is 0.272 e. The van der Waals surface area contributed by atoms with E-state index in [4.69, 9.17) is 4.74 Å². The van der Waals surface area contributed by atoms with Crippen LogP contribution in [-0.4, -0.2) is 75.3 Å². The molecule has 0 spiro atoms. The van der Waals surface area contributed by atoms with Gasteiger partial charge in [-0.05, 0) is 37.1 Å². The van der Waals surface area contributed by atoms with Crippen LogP contribution in [0.25, 0.3) is 0 Å². The summed E-state index contributed by atoms with van der Waals surface area (Å²) in [6.45, 7) is 2.18. The topological polar surface area (TPSA) is 118 Å². The SMILES string of the molecule is Cn1cc(S(=O)(=O)N2CCCCC2)cc1C(=O)Nc1cccc(S(=O)(=O)N2CCOCC2)c1. The molecule has 2 saturated heterocycles. The number of ether oxygens (including phenoxy) is 1. The zero-order chi connectivity index (χ0) is 23.6. The zero-order valence-corrected chi connectivity index (χ0v) is 20.1. The third-order valence-corrected chi connectivity index (χ3v) is 9.62. The third kappa shape index (κ3) is 4.99. The first-order chi connectivity index (χ1) is 15.7. The fourth-order valence-corrected chi connectivity index (χ4v) is 7.06. The van der Waals surface area contributed by atoms with Crippen LogP contribution in [0, 0.1) is 0 Å². The Labute approximate surface area is 194 Å². The van der Waals surface area contributed by atoms with E-state index < -0.39 is 26.0 Å². The summed E-state index contributed by atoms with van der Waals surface area (Å²) in [5, 5.41) is 2.68. The van der Waals surface area contributed by atoms with Gasteiger partial charge in [0.05, 0.1) is 18.1 Å². The number of carbonyl (C=O) groups is 1. The average Bonchev–Trinajstić information content (AvgIpc) is 3.23. The van der Waals surface area contributed by atoms with E-state index in [0.29, 0.717) is 32.0 Å². The standard InChI is InChI=1S/C21H28N4O6S2/c1-23-16-19(33(29,30)24-8-3-2-4-9-24)15-20(23)21(26)22-17-6-5-7-18(14-17)32(27,28)25-10-12-31-13-11-25/h5-7,14-16H,2-4,8-13H2,1H3,(H,22,26). The van der Waals surface area contributed by atoms with Gasteiger partial charge in [0.25, 0.3) is 5.91 Å². The van der Waals surface area contributed by atoms with Gasteiger partial charge < -0.3 is 14.6 Å². The molecule has 2 aliphatic heterocycles. The number of aromatic nitrogens is 1. The lowest BCUT2D eigenvalue weighted by Crippen LogP contribution is -2.40. The lowest BCUT2D eigenvalue weighted by Gasteiger charge is -2.26. The van der Waals surface area contributed by atoms with Crippen LogP contribution in [-0.2, 0) is 31.8 Å². The van der Waals surface area contributed by atoms with Crippen molar-refractivity contribution in [1.82, 2.24) is 13.2 Å². The molecule has 0 atom stereocenters. The maximum atomic E-state index is 12.9. The zero-order valence-electron chi connectivity index (χ0n) is 18.4. The molecule has 2 aliphatic rings. The molecule has 1 aromatic carbocycles. The number of sulfonamides is 2. The monoisotopic (exact) mass is 496 g/mol. The van der Waals surface area contributed by atoms with E-state index in [1.54, 1.807) is 19.2 Å². The van der Waals surface area contributed by atoms with E-state index >= 15 is 0 Å². The first-order valence-electron chi connectivity index (χ1n) is 10.9. The van der Waals surface area contributed by atoms with Gasteiger partial charge in [0.2, 0.25) is 20.0 Å². The number of carbonyl (C=O) groups excluding carboxylic acids is 1. The minimum atomic E-state index is -3.71. The Bertz CT molecular complexity index is 1230. The number of anilines is 1. The Hall–Kier alpha value is -2.25. The van der Waals surface area contributed by atoms with Gasteiger partial charge in [-0.15, -0.1) is 0 Å². The number of rotatable bonds is 6. The largest absolute Gasteiger partial charge is 0.379 e. The van der Waals surface area contributed by atoms with Gasteiger partial charge in [-0.1, -0.05) is 12.5 Å². The number of nitrogens with zero attached hydrogens (tertiary/aromatic N) is 3. The van der Waals surface area contributed by atoms with Crippen molar-refractivity contribution >= 4 is 31.6 Å². The molecule has 10 nitrogen and oxygen atoms in total. The van der Waals surface area contributed by atoms with Crippen LogP contribution >= 0.6 is 0 Å². The first kappa shape index (κ1) is 23.9. The Morgan fingerprint density at radius 3 is 2.21 bits per heavy atom. The molecule has 0 unspecified atom stereocenters. The second-order valence-corrected chi connectivity index (χ2v) is 12.0. The van der Waals surface area contributed by atoms with Crippen LogP contribution in [0.1, 0.15) is 29.8 Å². The van der Waals surface area contributed by atoms with Crippen molar-refractivity contribution in [2.24, 2.45) is 7.05 Å². The molecule has 0 aliphatic carbocycles. The quantitative estimate of drug-likeness (QED) is 0.647. The molecule has 4 rings (SSSR count). The number of hydrogen-bond acceptors (Lipinski definition) is 6. The summed E-state index contributed by atoms with van der Waals surface area (Å²) in [5.41, 5.74) is 0.461. The summed E-state index contributed by atoms with van der Waals surface area (Å²) in [7, 11) is -5.78. The van der Waals surface area contributed by atoms with Gasteiger partial charge >= 0.3 is 0 Å². The van der Waals surface area contributed by atoms with Gasteiger partial charge in [-0.25, -0.2) is 16.8 Å². The maximum Gasteiger partial charge on any atom is 0.272 e. The van der Waals surface area contributed by atoms with Gasteiger partial charge in [0.1, 0.15) is 10.6 Å². The maximum absolute atomic E-state index is 12.9. The lowest BCUT2D eigenvalue weighted by molar-refractivity contribution is 0.0730. The molecular weight excluding hydrogens is 468 g/mol. The lowest BCUT2D eigenvalue weighted by atomic mass is 10.2. The predicted molar refractivity (Wildman–Crippen MR) is 122 cm³/mol. The van der Waals surface area contributed by atoms with Crippen LogP contribution in [0.5, 0.6) is 0 Å². The van der Waals surface area contributed by atoms with E-state index in [2.05, 4.69) is 5.32 Å². The Morgan fingerprint density at radius 2 is 1.52 bits per heavy atom. The molecule has 0 bridgehead atoms. The molecule has 2 fully saturated rings. The molecule has 12 heteroatoms. The average molecular weight is 497 g/mol. The second kappa shape index (κ2) is 9.55. The molecule has 180 valence electrons. The molecule has 0 radical (unpaired) electrons. The highest BCUT2D eigenvalue weighted by molar-refractivity contribution is 7.89.